The SMILES string of the molecule is CCCNC(CC1CCC1)c1ccc(OC)cc1Cl. The summed E-state index contributed by atoms with van der Waals surface area (Å²) >= 11 is 6.41. The maximum absolute atomic E-state index is 6.41. The van der Waals surface area contributed by atoms with E-state index in [2.05, 4.69) is 18.3 Å². The zero-order chi connectivity index (χ0) is 13.7. The largest absolute Gasteiger partial charge is 0.497 e. The fraction of sp³-hybridized carbons (Fsp3) is 0.625. The number of hydrogen-bond acceptors (Lipinski definition) is 2. The summed E-state index contributed by atoms with van der Waals surface area (Å²) in [6.07, 6.45) is 6.48. The maximum atomic E-state index is 6.41. The van der Waals surface area contributed by atoms with Crippen LogP contribution in [0.1, 0.15) is 50.6 Å². The molecule has 19 heavy (non-hydrogen) atoms. The van der Waals surface area contributed by atoms with E-state index in [9.17, 15) is 0 Å². The predicted octanol–water partition coefficient (Wildman–Crippen LogP) is 4.58. The van der Waals surface area contributed by atoms with Crippen molar-refractivity contribution in [2.45, 2.75) is 45.1 Å². The zero-order valence-electron chi connectivity index (χ0n) is 11.9. The van der Waals surface area contributed by atoms with Gasteiger partial charge in [0.1, 0.15) is 5.75 Å². The van der Waals surface area contributed by atoms with Gasteiger partial charge in [0.15, 0.2) is 0 Å². The molecule has 1 atom stereocenters. The Hall–Kier alpha value is -0.730. The van der Waals surface area contributed by atoms with E-state index in [0.29, 0.717) is 6.04 Å². The first-order chi connectivity index (χ1) is 9.24. The van der Waals surface area contributed by atoms with Crippen LogP contribution in [0.15, 0.2) is 18.2 Å². The van der Waals surface area contributed by atoms with Crippen molar-refractivity contribution in [2.75, 3.05) is 13.7 Å². The van der Waals surface area contributed by atoms with Gasteiger partial charge in [0, 0.05) is 11.1 Å². The Bertz CT molecular complexity index is 404. The van der Waals surface area contributed by atoms with Crippen molar-refractivity contribution < 1.29 is 4.74 Å². The summed E-state index contributed by atoms with van der Waals surface area (Å²) in [5.41, 5.74) is 1.21. The third-order valence-corrected chi connectivity index (χ3v) is 4.34. The molecule has 106 valence electrons. The van der Waals surface area contributed by atoms with Crippen molar-refractivity contribution in [1.29, 1.82) is 0 Å². The normalized spacial score (nSPS) is 17.0. The molecule has 0 aliphatic heterocycles. The summed E-state index contributed by atoms with van der Waals surface area (Å²) in [6.45, 7) is 3.24. The third-order valence-electron chi connectivity index (χ3n) is 4.02. The van der Waals surface area contributed by atoms with Gasteiger partial charge in [-0.15, -0.1) is 0 Å². The first-order valence-electron chi connectivity index (χ1n) is 7.31. The Morgan fingerprint density at radius 1 is 1.42 bits per heavy atom. The summed E-state index contributed by atoms with van der Waals surface area (Å²) in [6, 6.07) is 6.40. The molecule has 1 N–H and O–H groups in total. The molecular weight excluding hydrogens is 258 g/mol. The van der Waals surface area contributed by atoms with E-state index in [1.165, 1.54) is 31.2 Å². The van der Waals surface area contributed by atoms with Crippen LogP contribution >= 0.6 is 11.6 Å². The maximum Gasteiger partial charge on any atom is 0.120 e. The third kappa shape index (κ3) is 3.87. The zero-order valence-corrected chi connectivity index (χ0v) is 12.7. The Balaban J connectivity index is 2.10. The van der Waals surface area contributed by atoms with E-state index in [1.54, 1.807) is 7.11 Å². The summed E-state index contributed by atoms with van der Waals surface area (Å²) < 4.78 is 5.22. The van der Waals surface area contributed by atoms with Gasteiger partial charge in [0.2, 0.25) is 0 Å². The number of nitrogens with one attached hydrogen (secondary N) is 1. The molecule has 0 radical (unpaired) electrons. The number of rotatable bonds is 7. The lowest BCUT2D eigenvalue weighted by Gasteiger charge is -2.31. The molecule has 2 nitrogen and oxygen atoms in total. The Morgan fingerprint density at radius 3 is 2.74 bits per heavy atom. The van der Waals surface area contributed by atoms with Crippen molar-refractivity contribution >= 4 is 11.6 Å². The van der Waals surface area contributed by atoms with Gasteiger partial charge >= 0.3 is 0 Å². The van der Waals surface area contributed by atoms with Gasteiger partial charge < -0.3 is 10.1 Å². The first kappa shape index (κ1) is 14.7. The number of halogens is 1. The lowest BCUT2D eigenvalue weighted by molar-refractivity contribution is 0.261. The highest BCUT2D eigenvalue weighted by Gasteiger charge is 2.24. The smallest absolute Gasteiger partial charge is 0.120 e. The van der Waals surface area contributed by atoms with Gasteiger partial charge in [-0.3, -0.25) is 0 Å². The van der Waals surface area contributed by atoms with Crippen LogP contribution in [0.4, 0.5) is 0 Å². The molecule has 1 saturated carbocycles. The highest BCUT2D eigenvalue weighted by atomic mass is 35.5. The van der Waals surface area contributed by atoms with E-state index in [0.717, 1.165) is 29.7 Å². The number of hydrogen-bond donors (Lipinski definition) is 1. The molecule has 0 heterocycles. The molecule has 0 spiro atoms. The minimum absolute atomic E-state index is 0.378. The number of benzene rings is 1. The highest BCUT2D eigenvalue weighted by molar-refractivity contribution is 6.31. The molecule has 1 fully saturated rings. The van der Waals surface area contributed by atoms with Crippen molar-refractivity contribution in [2.24, 2.45) is 5.92 Å². The fourth-order valence-electron chi connectivity index (χ4n) is 2.62. The van der Waals surface area contributed by atoms with E-state index in [4.69, 9.17) is 16.3 Å². The standard InChI is InChI=1S/C16H24ClNO/c1-3-9-18-16(10-12-5-4-6-12)14-8-7-13(19-2)11-15(14)17/h7-8,11-12,16,18H,3-6,9-10H2,1-2H3. The van der Waals surface area contributed by atoms with Crippen LogP contribution in [-0.4, -0.2) is 13.7 Å². The average molecular weight is 282 g/mol. The van der Waals surface area contributed by atoms with Crippen LogP contribution in [0.5, 0.6) is 5.75 Å². The molecule has 1 aliphatic rings. The minimum atomic E-state index is 0.378. The molecular formula is C16H24ClNO. The highest BCUT2D eigenvalue weighted by Crippen LogP contribution is 2.37. The van der Waals surface area contributed by atoms with E-state index >= 15 is 0 Å². The van der Waals surface area contributed by atoms with Gasteiger partial charge in [0.25, 0.3) is 0 Å². The van der Waals surface area contributed by atoms with E-state index < -0.39 is 0 Å². The summed E-state index contributed by atoms with van der Waals surface area (Å²) in [5.74, 6) is 1.69. The molecule has 0 saturated heterocycles. The minimum Gasteiger partial charge on any atom is -0.497 e. The van der Waals surface area contributed by atoms with Crippen LogP contribution in [-0.2, 0) is 0 Å². The van der Waals surface area contributed by atoms with Gasteiger partial charge in [-0.1, -0.05) is 43.9 Å². The van der Waals surface area contributed by atoms with Gasteiger partial charge in [0.05, 0.1) is 7.11 Å². The second kappa shape index (κ2) is 7.16. The lowest BCUT2D eigenvalue weighted by atomic mass is 9.79. The van der Waals surface area contributed by atoms with Crippen LogP contribution < -0.4 is 10.1 Å². The molecule has 2 rings (SSSR count). The molecule has 0 amide bonds. The second-order valence-corrected chi connectivity index (χ2v) is 5.83. The van der Waals surface area contributed by atoms with Crippen molar-refractivity contribution in [3.8, 4) is 5.75 Å². The van der Waals surface area contributed by atoms with Crippen molar-refractivity contribution in [3.63, 3.8) is 0 Å². The van der Waals surface area contributed by atoms with Crippen molar-refractivity contribution in [3.05, 3.63) is 28.8 Å². The predicted molar refractivity (Wildman–Crippen MR) is 81.0 cm³/mol. The summed E-state index contributed by atoms with van der Waals surface area (Å²) in [5, 5.41) is 4.45. The molecule has 3 heteroatoms. The van der Waals surface area contributed by atoms with Crippen LogP contribution in [0.25, 0.3) is 0 Å². The number of ether oxygens (including phenoxy) is 1. The fourth-order valence-corrected chi connectivity index (χ4v) is 2.92. The summed E-state index contributed by atoms with van der Waals surface area (Å²) in [7, 11) is 1.67. The van der Waals surface area contributed by atoms with Crippen LogP contribution in [0.2, 0.25) is 5.02 Å². The Kier molecular flexibility index (Phi) is 5.53. The van der Waals surface area contributed by atoms with Crippen LogP contribution in [0, 0.1) is 5.92 Å². The van der Waals surface area contributed by atoms with Gasteiger partial charge in [-0.2, -0.15) is 0 Å². The first-order valence-corrected chi connectivity index (χ1v) is 7.69. The van der Waals surface area contributed by atoms with Crippen LogP contribution in [0.3, 0.4) is 0 Å². The Labute approximate surface area is 121 Å². The Morgan fingerprint density at radius 2 is 2.21 bits per heavy atom. The summed E-state index contributed by atoms with van der Waals surface area (Å²) in [4.78, 5) is 0. The number of methoxy groups -OCH3 is 1. The second-order valence-electron chi connectivity index (χ2n) is 5.43. The van der Waals surface area contributed by atoms with Gasteiger partial charge in [-0.25, -0.2) is 0 Å². The quantitative estimate of drug-likeness (QED) is 0.790. The lowest BCUT2D eigenvalue weighted by Crippen LogP contribution is -2.27. The molecule has 0 aromatic heterocycles. The van der Waals surface area contributed by atoms with Gasteiger partial charge in [-0.05, 0) is 43.0 Å². The molecule has 1 aliphatic carbocycles. The van der Waals surface area contributed by atoms with E-state index in [-0.39, 0.29) is 0 Å². The monoisotopic (exact) mass is 281 g/mol. The molecule has 1 aromatic rings. The topological polar surface area (TPSA) is 21.3 Å². The average Bonchev–Trinajstić information content (AvgIpc) is 2.37. The molecule has 0 bridgehead atoms. The molecule has 1 aromatic carbocycles. The van der Waals surface area contributed by atoms with E-state index in [1.807, 2.05) is 12.1 Å². The van der Waals surface area contributed by atoms with Crippen molar-refractivity contribution in [1.82, 2.24) is 5.32 Å². The molecule has 1 unspecified atom stereocenters.